The number of phenolic OH excluding ortho intramolecular Hbond substituents is 1. The second-order valence-electron chi connectivity index (χ2n) is 8.12. The van der Waals surface area contributed by atoms with Crippen LogP contribution in [0.15, 0.2) is 58.3 Å². The monoisotopic (exact) mass is 538 g/mol. The van der Waals surface area contributed by atoms with Gasteiger partial charge in [0.2, 0.25) is 5.76 Å². The highest BCUT2D eigenvalue weighted by Crippen LogP contribution is 2.44. The molecular formula is C26H19ClN2O7S. The zero-order valence-electron chi connectivity index (χ0n) is 19.6. The smallest absolute Gasteiger partial charge is 0.350 e. The Morgan fingerprint density at radius 1 is 1.30 bits per heavy atom. The van der Waals surface area contributed by atoms with E-state index in [2.05, 4.69) is 11.6 Å². The average molecular weight is 539 g/mol. The third kappa shape index (κ3) is 4.04. The zero-order valence-corrected chi connectivity index (χ0v) is 21.2. The maximum atomic E-state index is 13.8. The normalized spacial score (nSPS) is 14.6. The van der Waals surface area contributed by atoms with Gasteiger partial charge in [-0.25, -0.2) is 9.78 Å². The first-order chi connectivity index (χ1) is 17.7. The average Bonchev–Trinajstić information content (AvgIpc) is 3.40. The molecule has 1 N–H and O–H groups in total. The third-order valence-electron chi connectivity index (χ3n) is 5.86. The Morgan fingerprint density at radius 2 is 2.08 bits per heavy atom. The van der Waals surface area contributed by atoms with Gasteiger partial charge in [0.15, 0.2) is 22.1 Å². The van der Waals surface area contributed by atoms with Crippen LogP contribution in [0.2, 0.25) is 5.02 Å². The number of fused-ring (bicyclic) bond motifs is 2. The lowest BCUT2D eigenvalue weighted by molar-refractivity contribution is 0.0554. The minimum Gasteiger partial charge on any atom is -0.504 e. The van der Waals surface area contributed by atoms with Crippen LogP contribution in [-0.2, 0) is 4.74 Å². The Labute approximate surface area is 219 Å². The summed E-state index contributed by atoms with van der Waals surface area (Å²) >= 11 is 7.08. The lowest BCUT2D eigenvalue weighted by Crippen LogP contribution is -2.29. The minimum absolute atomic E-state index is 0.0170. The molecule has 3 heterocycles. The van der Waals surface area contributed by atoms with Crippen LogP contribution in [0.25, 0.3) is 11.0 Å². The van der Waals surface area contributed by atoms with Crippen molar-refractivity contribution in [3.8, 4) is 11.5 Å². The SMILES string of the molecule is C=CCOC(=O)c1sc(N2C(=O)c3oc4ccc(Cl)cc4c(=O)c3C2c2ccc(O)c(OC)c2)nc1C. The molecule has 0 fully saturated rings. The van der Waals surface area contributed by atoms with Gasteiger partial charge >= 0.3 is 5.97 Å². The van der Waals surface area contributed by atoms with Crippen molar-refractivity contribution in [1.29, 1.82) is 0 Å². The van der Waals surface area contributed by atoms with Crippen LogP contribution < -0.4 is 15.1 Å². The van der Waals surface area contributed by atoms with Crippen LogP contribution in [0.5, 0.6) is 11.5 Å². The molecule has 1 aliphatic heterocycles. The molecule has 1 aliphatic rings. The molecule has 0 aliphatic carbocycles. The number of nitrogens with zero attached hydrogens (tertiary/aromatic N) is 2. The molecule has 1 amide bonds. The summed E-state index contributed by atoms with van der Waals surface area (Å²) in [5, 5.41) is 10.8. The van der Waals surface area contributed by atoms with Gasteiger partial charge in [0, 0.05) is 5.02 Å². The van der Waals surface area contributed by atoms with E-state index in [4.69, 9.17) is 25.5 Å². The van der Waals surface area contributed by atoms with Crippen molar-refractivity contribution in [2.75, 3.05) is 18.6 Å². The topological polar surface area (TPSA) is 119 Å². The van der Waals surface area contributed by atoms with Crippen LogP contribution >= 0.6 is 22.9 Å². The zero-order chi connectivity index (χ0) is 26.4. The molecule has 0 spiro atoms. The van der Waals surface area contributed by atoms with Gasteiger partial charge in [-0.3, -0.25) is 14.5 Å². The second-order valence-corrected chi connectivity index (χ2v) is 9.54. The second kappa shape index (κ2) is 9.38. The number of aromatic hydroxyl groups is 1. The first kappa shape index (κ1) is 24.5. The van der Waals surface area contributed by atoms with E-state index in [0.717, 1.165) is 11.3 Å². The minimum atomic E-state index is -0.987. The number of hydrogen-bond acceptors (Lipinski definition) is 9. The van der Waals surface area contributed by atoms with Crippen LogP contribution in [0.3, 0.4) is 0 Å². The molecule has 0 radical (unpaired) electrons. The molecule has 2 aromatic carbocycles. The largest absolute Gasteiger partial charge is 0.504 e. The number of amides is 1. The number of rotatable bonds is 6. The van der Waals surface area contributed by atoms with Gasteiger partial charge in [0.1, 0.15) is 17.1 Å². The number of aryl methyl sites for hydroxylation is 1. The number of methoxy groups -OCH3 is 1. The highest BCUT2D eigenvalue weighted by molar-refractivity contribution is 7.17. The fourth-order valence-electron chi connectivity index (χ4n) is 4.20. The number of hydrogen-bond donors (Lipinski definition) is 1. The maximum absolute atomic E-state index is 13.8. The van der Waals surface area contributed by atoms with E-state index in [1.54, 1.807) is 19.1 Å². The summed E-state index contributed by atoms with van der Waals surface area (Å²) < 4.78 is 16.3. The number of carbonyl (C=O) groups is 2. The Balaban J connectivity index is 1.74. The molecule has 0 saturated heterocycles. The Bertz CT molecular complexity index is 1660. The van der Waals surface area contributed by atoms with Gasteiger partial charge in [-0.15, -0.1) is 0 Å². The van der Waals surface area contributed by atoms with E-state index in [-0.39, 0.29) is 50.4 Å². The van der Waals surface area contributed by atoms with Crippen molar-refractivity contribution in [1.82, 2.24) is 4.98 Å². The van der Waals surface area contributed by atoms with Crippen LogP contribution in [0.4, 0.5) is 5.13 Å². The van der Waals surface area contributed by atoms with Gasteiger partial charge in [0.05, 0.1) is 29.8 Å². The van der Waals surface area contributed by atoms with Gasteiger partial charge in [-0.2, -0.15) is 0 Å². The molecule has 188 valence electrons. The van der Waals surface area contributed by atoms with Crippen molar-refractivity contribution >= 4 is 50.9 Å². The van der Waals surface area contributed by atoms with E-state index in [0.29, 0.717) is 16.3 Å². The lowest BCUT2D eigenvalue weighted by atomic mass is 9.98. The fourth-order valence-corrected chi connectivity index (χ4v) is 5.36. The predicted octanol–water partition coefficient (Wildman–Crippen LogP) is 5.02. The quantitative estimate of drug-likeness (QED) is 0.268. The fraction of sp³-hybridized carbons (Fsp3) is 0.154. The number of aromatic nitrogens is 1. The molecule has 5 rings (SSSR count). The summed E-state index contributed by atoms with van der Waals surface area (Å²) in [6.07, 6.45) is 1.44. The first-order valence-corrected chi connectivity index (χ1v) is 12.2. The molecule has 4 aromatic rings. The Hall–Kier alpha value is -4.15. The molecule has 0 bridgehead atoms. The van der Waals surface area contributed by atoms with Crippen molar-refractivity contribution in [2.45, 2.75) is 13.0 Å². The van der Waals surface area contributed by atoms with Crippen LogP contribution in [-0.4, -0.2) is 35.7 Å². The van der Waals surface area contributed by atoms with Gasteiger partial charge < -0.3 is 19.0 Å². The van der Waals surface area contributed by atoms with E-state index < -0.39 is 23.3 Å². The number of esters is 1. The molecular weight excluding hydrogens is 520 g/mol. The number of ether oxygens (including phenoxy) is 2. The van der Waals surface area contributed by atoms with Crippen molar-refractivity contribution in [2.24, 2.45) is 0 Å². The summed E-state index contributed by atoms with van der Waals surface area (Å²) in [4.78, 5) is 46.0. The van der Waals surface area contributed by atoms with E-state index >= 15 is 0 Å². The van der Waals surface area contributed by atoms with E-state index in [1.807, 2.05) is 0 Å². The van der Waals surface area contributed by atoms with Crippen LogP contribution in [0, 0.1) is 6.92 Å². The number of carbonyl (C=O) groups excluding carboxylic acids is 2. The van der Waals surface area contributed by atoms with Crippen molar-refractivity contribution < 1.29 is 28.6 Å². The van der Waals surface area contributed by atoms with E-state index in [9.17, 15) is 19.5 Å². The number of halogens is 1. The number of thiazole rings is 1. The van der Waals surface area contributed by atoms with Gasteiger partial charge in [0.25, 0.3) is 5.91 Å². The summed E-state index contributed by atoms with van der Waals surface area (Å²) in [6, 6.07) is 8.07. The molecule has 37 heavy (non-hydrogen) atoms. The van der Waals surface area contributed by atoms with E-state index in [1.165, 1.54) is 42.4 Å². The van der Waals surface area contributed by atoms with Gasteiger partial charge in [-0.1, -0.05) is 41.7 Å². The lowest BCUT2D eigenvalue weighted by Gasteiger charge is -2.23. The molecule has 1 atom stereocenters. The van der Waals surface area contributed by atoms with Crippen molar-refractivity contribution in [3.05, 3.63) is 91.8 Å². The highest BCUT2D eigenvalue weighted by atomic mass is 35.5. The number of anilines is 1. The Kier molecular flexibility index (Phi) is 6.22. The standard InChI is InChI=1S/C26H19ClN2O7S/c1-4-9-35-25(33)23-12(2)28-26(37-23)29-20(13-5-7-16(30)18(10-13)34-3)19-21(31)15-11-14(27)6-8-17(15)36-22(19)24(29)32/h4-8,10-11,20,30H,1,9H2,2-3H3. The van der Waals surface area contributed by atoms with Gasteiger partial charge in [-0.05, 0) is 42.8 Å². The number of benzene rings is 2. The molecule has 11 heteroatoms. The summed E-state index contributed by atoms with van der Waals surface area (Å²) in [7, 11) is 1.39. The molecule has 2 aromatic heterocycles. The molecule has 1 unspecified atom stereocenters. The third-order valence-corrected chi connectivity index (χ3v) is 7.23. The Morgan fingerprint density at radius 3 is 2.81 bits per heavy atom. The highest BCUT2D eigenvalue weighted by Gasteiger charge is 2.45. The summed E-state index contributed by atoms with van der Waals surface area (Å²) in [6.45, 7) is 5.17. The number of phenols is 1. The molecule has 0 saturated carbocycles. The first-order valence-electron chi connectivity index (χ1n) is 11.0. The summed E-state index contributed by atoms with van der Waals surface area (Å²) in [5.41, 5.74) is 0.659. The predicted molar refractivity (Wildman–Crippen MR) is 138 cm³/mol. The van der Waals surface area contributed by atoms with Crippen molar-refractivity contribution in [3.63, 3.8) is 0 Å². The van der Waals surface area contributed by atoms with Crippen LogP contribution in [0.1, 0.15) is 43.1 Å². The summed E-state index contributed by atoms with van der Waals surface area (Å²) in [5.74, 6) is -1.34. The molecule has 9 nitrogen and oxygen atoms in total. The maximum Gasteiger partial charge on any atom is 0.350 e.